The molecule has 1 saturated carbocycles. The second-order valence-electron chi connectivity index (χ2n) is 9.91. The maximum atomic E-state index is 13.7. The van der Waals surface area contributed by atoms with Gasteiger partial charge in [0, 0.05) is 37.6 Å². The van der Waals surface area contributed by atoms with Crippen LogP contribution in [0.2, 0.25) is 0 Å². The Labute approximate surface area is 196 Å². The average molecular weight is 459 g/mol. The van der Waals surface area contributed by atoms with E-state index in [1.807, 2.05) is 11.0 Å². The topological polar surface area (TPSA) is 106 Å². The van der Waals surface area contributed by atoms with Crippen molar-refractivity contribution in [2.75, 3.05) is 19.6 Å². The van der Waals surface area contributed by atoms with Gasteiger partial charge in [-0.1, -0.05) is 38.7 Å². The van der Waals surface area contributed by atoms with Crippen LogP contribution in [0.5, 0.6) is 0 Å². The molecule has 33 heavy (non-hydrogen) atoms. The van der Waals surface area contributed by atoms with Gasteiger partial charge in [0.05, 0.1) is 6.10 Å². The van der Waals surface area contributed by atoms with E-state index in [0.717, 1.165) is 44.1 Å². The van der Waals surface area contributed by atoms with Crippen molar-refractivity contribution in [2.24, 2.45) is 5.92 Å². The average Bonchev–Trinajstić information content (AvgIpc) is 2.87. The zero-order chi connectivity index (χ0) is 23.4. The Hall–Kier alpha value is -2.03. The van der Waals surface area contributed by atoms with Crippen LogP contribution in [-0.4, -0.2) is 74.1 Å². The summed E-state index contributed by atoms with van der Waals surface area (Å²) in [5.41, 5.74) is -0.198. The maximum Gasteiger partial charge on any atom is 0.248 e. The molecule has 0 bridgehead atoms. The number of likely N-dealkylation sites (tertiary alicyclic amines) is 1. The van der Waals surface area contributed by atoms with E-state index in [9.17, 15) is 19.8 Å². The van der Waals surface area contributed by atoms with Crippen molar-refractivity contribution < 1.29 is 19.8 Å². The quantitative estimate of drug-likeness (QED) is 0.577. The third-order valence-electron chi connectivity index (χ3n) is 7.92. The molecule has 8 nitrogen and oxygen atoms in total. The van der Waals surface area contributed by atoms with Crippen molar-refractivity contribution >= 4 is 11.8 Å². The van der Waals surface area contributed by atoms with Gasteiger partial charge in [0.1, 0.15) is 17.8 Å². The minimum absolute atomic E-state index is 0.0616. The van der Waals surface area contributed by atoms with Gasteiger partial charge in [-0.15, -0.1) is 0 Å². The fraction of sp³-hybridized carbons (Fsp3) is 0.720. The molecule has 0 aromatic carbocycles. The smallest absolute Gasteiger partial charge is 0.248 e. The van der Waals surface area contributed by atoms with Gasteiger partial charge >= 0.3 is 0 Å². The molecule has 1 aromatic heterocycles. The Bertz CT molecular complexity index is 806. The first-order valence-corrected chi connectivity index (χ1v) is 12.6. The van der Waals surface area contributed by atoms with Crippen LogP contribution in [0.15, 0.2) is 24.5 Å². The van der Waals surface area contributed by atoms with E-state index in [2.05, 4.69) is 17.2 Å². The highest BCUT2D eigenvalue weighted by Crippen LogP contribution is 2.37. The van der Waals surface area contributed by atoms with Crippen LogP contribution in [0.4, 0.5) is 0 Å². The molecule has 1 aliphatic carbocycles. The number of carbonyl (C=O) groups excluding carboxylic acids is 2. The van der Waals surface area contributed by atoms with Crippen molar-refractivity contribution in [3.05, 3.63) is 30.1 Å². The second kappa shape index (κ2) is 10.5. The van der Waals surface area contributed by atoms with Crippen molar-refractivity contribution in [2.45, 2.75) is 88.6 Å². The van der Waals surface area contributed by atoms with Crippen LogP contribution in [0.1, 0.15) is 76.5 Å². The number of nitrogens with zero attached hydrogens (tertiary/aromatic N) is 3. The van der Waals surface area contributed by atoms with Crippen molar-refractivity contribution in [3.63, 3.8) is 0 Å². The predicted molar refractivity (Wildman–Crippen MR) is 124 cm³/mol. The summed E-state index contributed by atoms with van der Waals surface area (Å²) >= 11 is 0. The number of nitrogens with one attached hydrogen (secondary N) is 1. The Morgan fingerprint density at radius 2 is 1.91 bits per heavy atom. The van der Waals surface area contributed by atoms with E-state index in [1.54, 1.807) is 23.4 Å². The van der Waals surface area contributed by atoms with Gasteiger partial charge in [-0.3, -0.25) is 19.5 Å². The number of aliphatic hydroxyl groups excluding tert-OH is 2. The van der Waals surface area contributed by atoms with Gasteiger partial charge in [0.25, 0.3) is 0 Å². The van der Waals surface area contributed by atoms with E-state index < -0.39 is 23.9 Å². The molecule has 3 N–H and O–H groups in total. The Kier molecular flexibility index (Phi) is 7.66. The lowest BCUT2D eigenvalue weighted by Crippen LogP contribution is -2.75. The molecule has 1 unspecified atom stereocenters. The summed E-state index contributed by atoms with van der Waals surface area (Å²) in [4.78, 5) is 35.0. The summed E-state index contributed by atoms with van der Waals surface area (Å²) in [5.74, 6) is -0.248. The zero-order valence-corrected chi connectivity index (χ0v) is 19.7. The SMILES string of the molecule is CCCCN1C(=O)[C@@H]([C@H](O)C2CCCCC2)NC(=O)C12CCN(C(O)c1cccnc1)CC2. The Balaban J connectivity index is 1.50. The van der Waals surface area contributed by atoms with E-state index in [4.69, 9.17) is 0 Å². The van der Waals surface area contributed by atoms with Gasteiger partial charge in [-0.05, 0) is 44.1 Å². The lowest BCUT2D eigenvalue weighted by Gasteiger charge is -2.53. The molecular weight excluding hydrogens is 420 g/mol. The van der Waals surface area contributed by atoms with Crippen molar-refractivity contribution in [1.82, 2.24) is 20.1 Å². The molecule has 2 saturated heterocycles. The number of amides is 2. The number of unbranched alkanes of at least 4 members (excludes halogenated alkanes) is 1. The second-order valence-corrected chi connectivity index (χ2v) is 9.91. The first-order chi connectivity index (χ1) is 16.0. The highest BCUT2D eigenvalue weighted by molar-refractivity contribution is 6.00. The number of rotatable bonds is 7. The minimum Gasteiger partial charge on any atom is -0.390 e. The van der Waals surface area contributed by atoms with E-state index in [0.29, 0.717) is 32.5 Å². The summed E-state index contributed by atoms with van der Waals surface area (Å²) in [6.07, 6.45) is 9.45. The molecule has 3 fully saturated rings. The van der Waals surface area contributed by atoms with Gasteiger partial charge in [-0.2, -0.15) is 0 Å². The zero-order valence-electron chi connectivity index (χ0n) is 19.7. The van der Waals surface area contributed by atoms with Gasteiger partial charge < -0.3 is 20.4 Å². The van der Waals surface area contributed by atoms with Crippen LogP contribution in [-0.2, 0) is 9.59 Å². The number of carbonyl (C=O) groups is 2. The number of aliphatic hydroxyl groups is 2. The molecule has 8 heteroatoms. The molecule has 0 radical (unpaired) electrons. The van der Waals surface area contributed by atoms with Crippen LogP contribution >= 0.6 is 0 Å². The van der Waals surface area contributed by atoms with Crippen LogP contribution in [0.25, 0.3) is 0 Å². The summed E-state index contributed by atoms with van der Waals surface area (Å²) in [6.45, 7) is 3.58. The fourth-order valence-corrected chi connectivity index (χ4v) is 5.83. The maximum absolute atomic E-state index is 13.7. The van der Waals surface area contributed by atoms with Crippen LogP contribution in [0.3, 0.4) is 0 Å². The highest BCUT2D eigenvalue weighted by Gasteiger charge is 2.55. The first kappa shape index (κ1) is 24.1. The molecule has 3 heterocycles. The van der Waals surface area contributed by atoms with E-state index in [1.165, 1.54) is 6.42 Å². The normalized spacial score (nSPS) is 26.3. The molecule has 182 valence electrons. The molecule has 1 aromatic rings. The molecule has 3 aliphatic rings. The number of aromatic nitrogens is 1. The third kappa shape index (κ3) is 4.79. The Morgan fingerprint density at radius 1 is 1.18 bits per heavy atom. The molecule has 2 amide bonds. The Morgan fingerprint density at radius 3 is 2.55 bits per heavy atom. The number of pyridine rings is 1. The minimum atomic E-state index is -0.916. The summed E-state index contributed by atoms with van der Waals surface area (Å²) in [7, 11) is 0. The predicted octanol–water partition coefficient (Wildman–Crippen LogP) is 1.98. The number of piperazine rings is 1. The van der Waals surface area contributed by atoms with Gasteiger partial charge in [0.2, 0.25) is 11.8 Å². The fourth-order valence-electron chi connectivity index (χ4n) is 5.83. The van der Waals surface area contributed by atoms with E-state index in [-0.39, 0.29) is 17.7 Å². The monoisotopic (exact) mass is 458 g/mol. The molecular formula is C25H38N4O4. The molecule has 4 rings (SSSR count). The van der Waals surface area contributed by atoms with Crippen molar-refractivity contribution in [1.29, 1.82) is 0 Å². The molecule has 2 aliphatic heterocycles. The molecule has 3 atom stereocenters. The number of piperidine rings is 1. The number of hydrogen-bond acceptors (Lipinski definition) is 6. The lowest BCUT2D eigenvalue weighted by molar-refractivity contribution is -0.167. The van der Waals surface area contributed by atoms with Gasteiger partial charge in [-0.25, -0.2) is 0 Å². The van der Waals surface area contributed by atoms with Crippen LogP contribution < -0.4 is 5.32 Å². The van der Waals surface area contributed by atoms with E-state index >= 15 is 0 Å². The van der Waals surface area contributed by atoms with Crippen LogP contribution in [0, 0.1) is 5.92 Å². The number of hydrogen-bond donors (Lipinski definition) is 3. The first-order valence-electron chi connectivity index (χ1n) is 12.6. The largest absolute Gasteiger partial charge is 0.390 e. The molecule has 1 spiro atoms. The van der Waals surface area contributed by atoms with Crippen molar-refractivity contribution in [3.8, 4) is 0 Å². The third-order valence-corrected chi connectivity index (χ3v) is 7.92. The summed E-state index contributed by atoms with van der Waals surface area (Å²) in [6, 6.07) is 2.77. The summed E-state index contributed by atoms with van der Waals surface area (Å²) in [5, 5.41) is 24.8. The standard InChI is InChI=1S/C25H38N4O4/c1-2-3-14-29-23(32)20(21(30)18-8-5-4-6-9-18)27-24(33)25(29)11-15-28(16-12-25)22(31)19-10-7-13-26-17-19/h7,10,13,17-18,20-22,30-31H,2-6,8-9,11-12,14-16H2,1H3,(H,27,33)/t20-,21-,22?/m1/s1. The van der Waals surface area contributed by atoms with Gasteiger partial charge in [0.15, 0.2) is 0 Å². The lowest BCUT2D eigenvalue weighted by atomic mass is 9.77. The summed E-state index contributed by atoms with van der Waals surface area (Å²) < 4.78 is 0. The highest BCUT2D eigenvalue weighted by atomic mass is 16.3.